The van der Waals surface area contributed by atoms with Crippen LogP contribution >= 0.6 is 24.8 Å². The fraction of sp³-hybridized carbons (Fsp3) is 0.550. The van der Waals surface area contributed by atoms with E-state index in [-0.39, 0.29) is 36.6 Å². The standard InChI is InChI=1S/C20H27N5O.2ClH/c21-19-16-2-1-3-17(19)9-18(8-16)20(26)23-10-14-4-6-15(7-5-14)11-25-13-22-12-24-25;;/h4-7,12-13,16-19H,1-3,8-11,21H2,(H,23,26);2*1H. The molecule has 2 aromatic rings. The molecule has 3 N–H and O–H groups in total. The molecule has 1 amide bonds. The first-order valence-electron chi connectivity index (χ1n) is 9.62. The van der Waals surface area contributed by atoms with E-state index < -0.39 is 0 Å². The molecule has 1 aromatic carbocycles. The maximum absolute atomic E-state index is 12.6. The van der Waals surface area contributed by atoms with Gasteiger partial charge in [0.1, 0.15) is 12.7 Å². The Balaban J connectivity index is 0.00000140. The first-order chi connectivity index (χ1) is 12.7. The zero-order valence-corrected chi connectivity index (χ0v) is 17.5. The Morgan fingerprint density at radius 1 is 1.11 bits per heavy atom. The third-order valence-electron chi connectivity index (χ3n) is 6.08. The second-order valence-corrected chi connectivity index (χ2v) is 7.82. The molecule has 0 saturated heterocycles. The third kappa shape index (κ3) is 5.25. The SMILES string of the molecule is Cl.Cl.NC1C2CCCC1CC(C(=O)NCc1ccc(Cn3cncn3)cc1)C2. The minimum Gasteiger partial charge on any atom is -0.352 e. The molecule has 0 aliphatic heterocycles. The van der Waals surface area contributed by atoms with Crippen molar-refractivity contribution in [1.29, 1.82) is 0 Å². The molecular formula is C20H29Cl2N5O. The van der Waals surface area contributed by atoms with E-state index in [1.165, 1.54) is 31.2 Å². The fourth-order valence-corrected chi connectivity index (χ4v) is 4.60. The largest absolute Gasteiger partial charge is 0.352 e. The molecule has 0 radical (unpaired) electrons. The van der Waals surface area contributed by atoms with Crippen molar-refractivity contribution in [1.82, 2.24) is 20.1 Å². The summed E-state index contributed by atoms with van der Waals surface area (Å²) in [5.74, 6) is 1.40. The quantitative estimate of drug-likeness (QED) is 0.770. The van der Waals surface area contributed by atoms with Crippen LogP contribution in [-0.2, 0) is 17.9 Å². The Labute approximate surface area is 178 Å². The smallest absolute Gasteiger partial charge is 0.223 e. The molecule has 2 atom stereocenters. The molecule has 4 rings (SSSR count). The highest BCUT2D eigenvalue weighted by atomic mass is 35.5. The lowest BCUT2D eigenvalue weighted by Crippen LogP contribution is -2.49. The number of amides is 1. The Kier molecular flexibility index (Phi) is 8.28. The molecule has 2 saturated carbocycles. The van der Waals surface area contributed by atoms with Crippen LogP contribution in [-0.4, -0.2) is 26.7 Å². The molecule has 6 nitrogen and oxygen atoms in total. The van der Waals surface area contributed by atoms with Gasteiger partial charge in [-0.1, -0.05) is 30.7 Å². The lowest BCUT2D eigenvalue weighted by Gasteiger charge is -2.43. The fourth-order valence-electron chi connectivity index (χ4n) is 4.60. The Bertz CT molecular complexity index is 724. The second kappa shape index (κ2) is 10.2. The molecule has 154 valence electrons. The number of carbonyl (C=O) groups is 1. The van der Waals surface area contributed by atoms with Crippen molar-refractivity contribution >= 4 is 30.7 Å². The summed E-state index contributed by atoms with van der Waals surface area (Å²) in [6, 6.07) is 8.60. The zero-order valence-electron chi connectivity index (χ0n) is 15.9. The lowest BCUT2D eigenvalue weighted by molar-refractivity contribution is -0.128. The number of nitrogens with two attached hydrogens (primary N) is 1. The second-order valence-electron chi connectivity index (χ2n) is 7.82. The summed E-state index contributed by atoms with van der Waals surface area (Å²) in [6.07, 6.45) is 8.82. The van der Waals surface area contributed by atoms with Gasteiger partial charge < -0.3 is 11.1 Å². The number of aromatic nitrogens is 3. The van der Waals surface area contributed by atoms with E-state index >= 15 is 0 Å². The highest BCUT2D eigenvalue weighted by Crippen LogP contribution is 2.41. The molecular weight excluding hydrogens is 397 g/mol. The van der Waals surface area contributed by atoms with Gasteiger partial charge in [0.05, 0.1) is 6.54 Å². The highest BCUT2D eigenvalue weighted by molar-refractivity contribution is 5.85. The van der Waals surface area contributed by atoms with E-state index in [1.54, 1.807) is 11.0 Å². The highest BCUT2D eigenvalue weighted by Gasteiger charge is 2.40. The monoisotopic (exact) mass is 425 g/mol. The Hall–Kier alpha value is -1.63. The Morgan fingerprint density at radius 3 is 2.36 bits per heavy atom. The number of hydrogen-bond donors (Lipinski definition) is 2. The number of fused-ring (bicyclic) bond motifs is 2. The number of rotatable bonds is 5. The van der Waals surface area contributed by atoms with Gasteiger partial charge in [-0.3, -0.25) is 4.79 Å². The van der Waals surface area contributed by atoms with Crippen LogP contribution in [0.15, 0.2) is 36.9 Å². The number of nitrogens with zero attached hydrogens (tertiary/aromatic N) is 3. The summed E-state index contributed by atoms with van der Waals surface area (Å²) in [4.78, 5) is 16.6. The minimum absolute atomic E-state index is 0. The van der Waals surface area contributed by atoms with Gasteiger partial charge in [-0.05, 0) is 48.6 Å². The molecule has 1 aromatic heterocycles. The summed E-state index contributed by atoms with van der Waals surface area (Å²) in [5.41, 5.74) is 8.62. The Morgan fingerprint density at radius 2 is 1.75 bits per heavy atom. The summed E-state index contributed by atoms with van der Waals surface area (Å²) in [6.45, 7) is 1.29. The topological polar surface area (TPSA) is 85.8 Å². The molecule has 2 unspecified atom stereocenters. The van der Waals surface area contributed by atoms with Gasteiger partial charge in [-0.2, -0.15) is 5.10 Å². The predicted octanol–water partition coefficient (Wildman–Crippen LogP) is 2.94. The van der Waals surface area contributed by atoms with Crippen LogP contribution in [0.3, 0.4) is 0 Å². The summed E-state index contributed by atoms with van der Waals surface area (Å²) >= 11 is 0. The van der Waals surface area contributed by atoms with Gasteiger partial charge in [-0.15, -0.1) is 24.8 Å². The molecule has 2 fully saturated rings. The molecule has 8 heteroatoms. The summed E-state index contributed by atoms with van der Waals surface area (Å²) in [5, 5.41) is 7.24. The van der Waals surface area contributed by atoms with Crippen LogP contribution in [0, 0.1) is 17.8 Å². The van der Waals surface area contributed by atoms with Gasteiger partial charge in [0, 0.05) is 18.5 Å². The van der Waals surface area contributed by atoms with E-state index in [0.29, 0.717) is 31.0 Å². The van der Waals surface area contributed by atoms with Crippen LogP contribution < -0.4 is 11.1 Å². The minimum atomic E-state index is 0. The van der Waals surface area contributed by atoms with Crippen molar-refractivity contribution in [2.45, 2.75) is 51.2 Å². The van der Waals surface area contributed by atoms with Crippen LogP contribution in [0.4, 0.5) is 0 Å². The van der Waals surface area contributed by atoms with Gasteiger partial charge in [0.25, 0.3) is 0 Å². The van der Waals surface area contributed by atoms with Crippen molar-refractivity contribution in [3.05, 3.63) is 48.0 Å². The van der Waals surface area contributed by atoms with E-state index in [2.05, 4.69) is 39.7 Å². The zero-order chi connectivity index (χ0) is 17.9. The van der Waals surface area contributed by atoms with Crippen LogP contribution in [0.2, 0.25) is 0 Å². The van der Waals surface area contributed by atoms with Gasteiger partial charge in [0.15, 0.2) is 0 Å². The van der Waals surface area contributed by atoms with Crippen molar-refractivity contribution in [2.24, 2.45) is 23.5 Å². The normalized spacial score (nSPS) is 25.9. The first-order valence-corrected chi connectivity index (χ1v) is 9.62. The maximum Gasteiger partial charge on any atom is 0.223 e. The summed E-state index contributed by atoms with van der Waals surface area (Å²) in [7, 11) is 0. The maximum atomic E-state index is 12.6. The van der Waals surface area contributed by atoms with Crippen molar-refractivity contribution in [2.75, 3.05) is 0 Å². The summed E-state index contributed by atoms with van der Waals surface area (Å²) < 4.78 is 1.79. The molecule has 28 heavy (non-hydrogen) atoms. The molecule has 2 aliphatic carbocycles. The van der Waals surface area contributed by atoms with E-state index in [4.69, 9.17) is 5.73 Å². The van der Waals surface area contributed by atoms with Crippen LogP contribution in [0.1, 0.15) is 43.2 Å². The van der Waals surface area contributed by atoms with Crippen LogP contribution in [0.25, 0.3) is 0 Å². The van der Waals surface area contributed by atoms with E-state index in [1.807, 2.05) is 0 Å². The van der Waals surface area contributed by atoms with Gasteiger partial charge in [-0.25, -0.2) is 9.67 Å². The number of hydrogen-bond acceptors (Lipinski definition) is 4. The number of nitrogens with one attached hydrogen (secondary N) is 1. The molecule has 2 aliphatic rings. The molecule has 1 heterocycles. The number of benzene rings is 1. The first kappa shape index (κ1) is 22.7. The number of halogens is 2. The average molecular weight is 426 g/mol. The molecule has 0 spiro atoms. The predicted molar refractivity (Wildman–Crippen MR) is 113 cm³/mol. The van der Waals surface area contributed by atoms with E-state index in [0.717, 1.165) is 18.4 Å². The third-order valence-corrected chi connectivity index (χ3v) is 6.08. The van der Waals surface area contributed by atoms with Crippen molar-refractivity contribution in [3.63, 3.8) is 0 Å². The molecule has 2 bridgehead atoms. The van der Waals surface area contributed by atoms with Crippen LogP contribution in [0.5, 0.6) is 0 Å². The van der Waals surface area contributed by atoms with Crippen molar-refractivity contribution in [3.8, 4) is 0 Å². The van der Waals surface area contributed by atoms with Gasteiger partial charge in [0.2, 0.25) is 5.91 Å². The average Bonchev–Trinajstić information content (AvgIpc) is 3.14. The van der Waals surface area contributed by atoms with Crippen molar-refractivity contribution < 1.29 is 4.79 Å². The van der Waals surface area contributed by atoms with E-state index in [9.17, 15) is 4.79 Å². The number of carbonyl (C=O) groups excluding carboxylic acids is 1. The lowest BCUT2D eigenvalue weighted by atomic mass is 9.65. The van der Waals surface area contributed by atoms with Gasteiger partial charge >= 0.3 is 0 Å².